The fourth-order valence-electron chi connectivity index (χ4n) is 2.02. The summed E-state index contributed by atoms with van der Waals surface area (Å²) in [6.07, 6.45) is 3.56. The molecule has 0 radical (unpaired) electrons. The van der Waals surface area contributed by atoms with Crippen LogP contribution in [0.25, 0.3) is 0 Å². The van der Waals surface area contributed by atoms with E-state index in [2.05, 4.69) is 15.3 Å². The van der Waals surface area contributed by atoms with Crippen LogP contribution in [0.1, 0.15) is 11.4 Å². The number of benzene rings is 2. The average Bonchev–Trinajstić information content (AvgIpc) is 3.01. The lowest BCUT2D eigenvalue weighted by atomic mass is 10.2. The molecule has 1 heterocycles. The van der Waals surface area contributed by atoms with Crippen molar-refractivity contribution in [1.82, 2.24) is 14.9 Å². The van der Waals surface area contributed by atoms with Crippen LogP contribution >= 0.6 is 11.8 Å². The van der Waals surface area contributed by atoms with E-state index in [1.54, 1.807) is 29.1 Å². The van der Waals surface area contributed by atoms with Crippen LogP contribution in [0.15, 0.2) is 64.9 Å². The summed E-state index contributed by atoms with van der Waals surface area (Å²) in [4.78, 5) is 0. The van der Waals surface area contributed by atoms with Gasteiger partial charge in [-0.1, -0.05) is 42.1 Å². The minimum absolute atomic E-state index is 0.195. The maximum Gasteiger partial charge on any atom is 0.211 e. The zero-order chi connectivity index (χ0) is 16.8. The Labute approximate surface area is 143 Å². The van der Waals surface area contributed by atoms with Crippen molar-refractivity contribution in [2.75, 3.05) is 6.26 Å². The number of phenols is 1. The highest BCUT2D eigenvalue weighted by Gasteiger charge is 2.11. The first-order chi connectivity index (χ1) is 11.8. The summed E-state index contributed by atoms with van der Waals surface area (Å²) >= 11 is 1.45. The largest absolute Gasteiger partial charge is 0.508 e. The standard InChI is InChI=1S/C17H16N4O2S/c1-24-17-20-19-16(12-23-15-8-3-2-4-9-15)21(17)18-11-13-6-5-7-14(22)10-13/h2-11,22H,12H2,1H3/b18-11-. The zero-order valence-electron chi connectivity index (χ0n) is 13.0. The van der Waals surface area contributed by atoms with Gasteiger partial charge in [0.15, 0.2) is 5.82 Å². The minimum atomic E-state index is 0.195. The van der Waals surface area contributed by atoms with Gasteiger partial charge in [0.05, 0.1) is 6.21 Å². The molecule has 0 fully saturated rings. The third-order valence-corrected chi connectivity index (χ3v) is 3.78. The summed E-state index contributed by atoms with van der Waals surface area (Å²) < 4.78 is 7.35. The molecule has 0 unspecified atom stereocenters. The van der Waals surface area contributed by atoms with Crippen molar-refractivity contribution in [3.05, 3.63) is 66.0 Å². The second-order valence-corrected chi connectivity index (χ2v) is 5.63. The van der Waals surface area contributed by atoms with E-state index in [1.165, 1.54) is 11.8 Å². The second kappa shape index (κ2) is 7.65. The number of para-hydroxylation sites is 1. The van der Waals surface area contributed by atoms with Gasteiger partial charge in [0.1, 0.15) is 18.1 Å². The molecule has 0 aliphatic carbocycles. The number of nitrogens with zero attached hydrogens (tertiary/aromatic N) is 4. The summed E-state index contributed by atoms with van der Waals surface area (Å²) in [7, 11) is 0. The fraction of sp³-hybridized carbons (Fsp3) is 0.118. The Kier molecular flexibility index (Phi) is 5.12. The molecule has 0 aliphatic rings. The van der Waals surface area contributed by atoms with Gasteiger partial charge in [0.25, 0.3) is 0 Å². The number of rotatable bonds is 6. The SMILES string of the molecule is CSc1nnc(COc2ccccc2)n1/N=C\c1cccc(O)c1. The normalized spacial score (nSPS) is 11.0. The van der Waals surface area contributed by atoms with Gasteiger partial charge < -0.3 is 9.84 Å². The molecule has 3 rings (SSSR count). The number of aromatic hydroxyl groups is 1. The third kappa shape index (κ3) is 3.94. The van der Waals surface area contributed by atoms with E-state index in [1.807, 2.05) is 42.7 Å². The quantitative estimate of drug-likeness (QED) is 0.551. The van der Waals surface area contributed by atoms with Crippen molar-refractivity contribution < 1.29 is 9.84 Å². The predicted molar refractivity (Wildman–Crippen MR) is 93.7 cm³/mol. The molecule has 7 heteroatoms. The highest BCUT2D eigenvalue weighted by molar-refractivity contribution is 7.98. The molecule has 6 nitrogen and oxygen atoms in total. The monoisotopic (exact) mass is 340 g/mol. The topological polar surface area (TPSA) is 72.5 Å². The Morgan fingerprint density at radius 1 is 1.17 bits per heavy atom. The molecule has 3 aromatic rings. The lowest BCUT2D eigenvalue weighted by Gasteiger charge is -2.06. The molecular formula is C17H16N4O2S. The van der Waals surface area contributed by atoms with Crippen LogP contribution in [0.5, 0.6) is 11.5 Å². The molecule has 0 bridgehead atoms. The lowest BCUT2D eigenvalue weighted by Crippen LogP contribution is -2.04. The molecule has 0 atom stereocenters. The van der Waals surface area contributed by atoms with E-state index in [4.69, 9.17) is 4.74 Å². The number of thioether (sulfide) groups is 1. The van der Waals surface area contributed by atoms with Crippen LogP contribution in [-0.4, -0.2) is 32.5 Å². The molecule has 122 valence electrons. The second-order valence-electron chi connectivity index (χ2n) is 4.86. The van der Waals surface area contributed by atoms with Crippen molar-refractivity contribution in [3.8, 4) is 11.5 Å². The van der Waals surface area contributed by atoms with Crippen LogP contribution in [0.4, 0.5) is 0 Å². The summed E-state index contributed by atoms with van der Waals surface area (Å²) in [6, 6.07) is 16.4. The zero-order valence-corrected chi connectivity index (χ0v) is 13.8. The highest BCUT2D eigenvalue weighted by Crippen LogP contribution is 2.16. The first kappa shape index (κ1) is 16.1. The fourth-order valence-corrected chi connectivity index (χ4v) is 2.47. The molecular weight excluding hydrogens is 324 g/mol. The number of phenolic OH excluding ortho intramolecular Hbond substituents is 1. The predicted octanol–water partition coefficient (Wildman–Crippen LogP) is 3.17. The Balaban J connectivity index is 1.80. The molecule has 24 heavy (non-hydrogen) atoms. The minimum Gasteiger partial charge on any atom is -0.508 e. The van der Waals surface area contributed by atoms with Crippen molar-refractivity contribution in [1.29, 1.82) is 0 Å². The van der Waals surface area contributed by atoms with Gasteiger partial charge in [-0.15, -0.1) is 10.2 Å². The number of ether oxygens (including phenoxy) is 1. The van der Waals surface area contributed by atoms with E-state index < -0.39 is 0 Å². The lowest BCUT2D eigenvalue weighted by molar-refractivity contribution is 0.290. The van der Waals surface area contributed by atoms with Crippen LogP contribution in [-0.2, 0) is 6.61 Å². The van der Waals surface area contributed by atoms with Crippen LogP contribution in [0.2, 0.25) is 0 Å². The van der Waals surface area contributed by atoms with E-state index in [0.717, 1.165) is 11.3 Å². The van der Waals surface area contributed by atoms with Crippen molar-refractivity contribution in [2.45, 2.75) is 11.8 Å². The first-order valence-electron chi connectivity index (χ1n) is 7.26. The van der Waals surface area contributed by atoms with Gasteiger partial charge >= 0.3 is 0 Å². The van der Waals surface area contributed by atoms with Crippen LogP contribution < -0.4 is 4.74 Å². The van der Waals surface area contributed by atoms with Crippen LogP contribution in [0, 0.1) is 0 Å². The Bertz CT molecular complexity index is 834. The Morgan fingerprint density at radius 3 is 2.75 bits per heavy atom. The number of aromatic nitrogens is 3. The summed E-state index contributed by atoms with van der Waals surface area (Å²) in [5.74, 6) is 1.55. The molecule has 0 saturated heterocycles. The molecule has 1 aromatic heterocycles. The molecule has 0 amide bonds. The Hall–Kier alpha value is -2.80. The number of hydrogen-bond donors (Lipinski definition) is 1. The third-order valence-electron chi connectivity index (χ3n) is 3.16. The Morgan fingerprint density at radius 2 is 2.00 bits per heavy atom. The van der Waals surface area contributed by atoms with Crippen LogP contribution in [0.3, 0.4) is 0 Å². The molecule has 0 spiro atoms. The average molecular weight is 340 g/mol. The maximum absolute atomic E-state index is 9.52. The van der Waals surface area contributed by atoms with E-state index in [9.17, 15) is 5.11 Å². The molecule has 0 aliphatic heterocycles. The van der Waals surface area contributed by atoms with E-state index in [-0.39, 0.29) is 12.4 Å². The van der Waals surface area contributed by atoms with E-state index in [0.29, 0.717) is 11.0 Å². The maximum atomic E-state index is 9.52. The molecule has 1 N–H and O–H groups in total. The number of hydrogen-bond acceptors (Lipinski definition) is 6. The summed E-state index contributed by atoms with van der Waals surface area (Å²) in [5, 5.41) is 22.8. The summed E-state index contributed by atoms with van der Waals surface area (Å²) in [6.45, 7) is 0.259. The smallest absolute Gasteiger partial charge is 0.211 e. The van der Waals surface area contributed by atoms with Crippen molar-refractivity contribution in [3.63, 3.8) is 0 Å². The highest BCUT2D eigenvalue weighted by atomic mass is 32.2. The van der Waals surface area contributed by atoms with Crippen molar-refractivity contribution in [2.24, 2.45) is 5.10 Å². The van der Waals surface area contributed by atoms with Crippen molar-refractivity contribution >= 4 is 18.0 Å². The van der Waals surface area contributed by atoms with E-state index >= 15 is 0 Å². The van der Waals surface area contributed by atoms with Gasteiger partial charge in [0, 0.05) is 0 Å². The van der Waals surface area contributed by atoms with Gasteiger partial charge in [-0.25, -0.2) is 0 Å². The summed E-state index contributed by atoms with van der Waals surface area (Å²) in [5.41, 5.74) is 0.783. The molecule has 2 aromatic carbocycles. The van der Waals surface area contributed by atoms with Gasteiger partial charge in [-0.05, 0) is 36.1 Å². The van der Waals surface area contributed by atoms with Gasteiger partial charge in [-0.3, -0.25) is 0 Å². The van der Waals surface area contributed by atoms with Gasteiger partial charge in [-0.2, -0.15) is 9.78 Å². The molecule has 0 saturated carbocycles. The first-order valence-corrected chi connectivity index (χ1v) is 8.48. The van der Waals surface area contributed by atoms with Gasteiger partial charge in [0.2, 0.25) is 5.16 Å².